The summed E-state index contributed by atoms with van der Waals surface area (Å²) in [7, 11) is 3.47. The largest absolute Gasteiger partial charge is 0.494 e. The van der Waals surface area contributed by atoms with Crippen molar-refractivity contribution in [3.8, 4) is 11.5 Å². The molecule has 0 unspecified atom stereocenters. The second kappa shape index (κ2) is 11.6. The van der Waals surface area contributed by atoms with Crippen LogP contribution in [0.5, 0.6) is 11.5 Å². The maximum atomic E-state index is 14.9. The summed E-state index contributed by atoms with van der Waals surface area (Å²) in [6.07, 6.45) is 7.20. The van der Waals surface area contributed by atoms with E-state index >= 15 is 0 Å². The first kappa shape index (κ1) is 25.8. The Kier molecular flexibility index (Phi) is 8.32. The fourth-order valence-corrected chi connectivity index (χ4v) is 4.15. The number of nitrogens with zero attached hydrogens (tertiary/aromatic N) is 5. The number of aliphatic imine (C=N–C) groups is 1. The van der Waals surface area contributed by atoms with Crippen molar-refractivity contribution in [2.45, 2.75) is 31.8 Å². The number of ether oxygens (including phenoxy) is 2. The lowest BCUT2D eigenvalue weighted by Gasteiger charge is -2.20. The van der Waals surface area contributed by atoms with Crippen molar-refractivity contribution in [1.29, 1.82) is 0 Å². The summed E-state index contributed by atoms with van der Waals surface area (Å²) >= 11 is 0. The topological polar surface area (TPSA) is 115 Å². The molecule has 9 nitrogen and oxygen atoms in total. The van der Waals surface area contributed by atoms with Crippen LogP contribution in [-0.2, 0) is 6.61 Å². The Balaban J connectivity index is 1.37. The Hall–Kier alpha value is -3.31. The smallest absolute Gasteiger partial charge is 0.251 e. The van der Waals surface area contributed by atoms with Crippen molar-refractivity contribution in [3.63, 3.8) is 0 Å². The number of aromatic nitrogens is 2. The van der Waals surface area contributed by atoms with Crippen LogP contribution >= 0.6 is 0 Å². The van der Waals surface area contributed by atoms with Crippen LogP contribution < -0.4 is 20.9 Å². The third-order valence-electron chi connectivity index (χ3n) is 6.30. The van der Waals surface area contributed by atoms with Crippen LogP contribution in [0, 0.1) is 11.6 Å². The molecule has 36 heavy (non-hydrogen) atoms. The Labute approximate surface area is 209 Å². The quantitative estimate of drug-likeness (QED) is 0.398. The molecule has 1 aliphatic carbocycles. The molecule has 0 radical (unpaired) electrons. The lowest BCUT2D eigenvalue weighted by atomic mass is 10.0. The molecule has 0 spiro atoms. The van der Waals surface area contributed by atoms with Crippen LogP contribution in [0.2, 0.25) is 0 Å². The highest BCUT2D eigenvalue weighted by atomic mass is 19.1. The van der Waals surface area contributed by atoms with Crippen molar-refractivity contribution in [2.75, 3.05) is 46.9 Å². The normalized spacial score (nSPS) is 18.2. The van der Waals surface area contributed by atoms with Gasteiger partial charge >= 0.3 is 0 Å². The van der Waals surface area contributed by atoms with Gasteiger partial charge in [0.1, 0.15) is 18.3 Å². The number of halogens is 2. The second-order valence-electron chi connectivity index (χ2n) is 9.25. The van der Waals surface area contributed by atoms with Gasteiger partial charge in [-0.05, 0) is 56.9 Å². The van der Waals surface area contributed by atoms with Crippen LogP contribution in [-0.4, -0.2) is 72.5 Å². The highest BCUT2D eigenvalue weighted by Gasteiger charge is 2.31. The zero-order chi connectivity index (χ0) is 25.7. The predicted octanol–water partition coefficient (Wildman–Crippen LogP) is 2.69. The molecule has 0 bridgehead atoms. The van der Waals surface area contributed by atoms with Gasteiger partial charge in [-0.1, -0.05) is 0 Å². The number of likely N-dealkylation sites (N-methyl/N-ethyl adjacent to an activating group) is 1. The highest BCUT2D eigenvalue weighted by Crippen LogP contribution is 2.44. The molecular weight excluding hydrogens is 468 g/mol. The lowest BCUT2D eigenvalue weighted by Crippen LogP contribution is -2.32. The van der Waals surface area contributed by atoms with Crippen molar-refractivity contribution in [2.24, 2.45) is 16.5 Å². The molecule has 0 amide bonds. The molecule has 1 saturated heterocycles. The maximum absolute atomic E-state index is 14.9. The zero-order valence-corrected chi connectivity index (χ0v) is 20.7. The van der Waals surface area contributed by atoms with Gasteiger partial charge in [-0.15, -0.1) is 0 Å². The Morgan fingerprint density at radius 3 is 2.58 bits per heavy atom. The minimum Gasteiger partial charge on any atom is -0.494 e. The molecule has 1 aromatic heterocycles. The van der Waals surface area contributed by atoms with E-state index in [2.05, 4.69) is 31.8 Å². The molecule has 4 N–H and O–H groups in total. The third-order valence-corrected chi connectivity index (χ3v) is 6.30. The van der Waals surface area contributed by atoms with Crippen molar-refractivity contribution < 1.29 is 18.3 Å². The van der Waals surface area contributed by atoms with Crippen LogP contribution in [0.1, 0.15) is 36.3 Å². The number of hydrogen-bond donors (Lipinski definition) is 2. The molecule has 4 rings (SSSR count). The fourth-order valence-electron chi connectivity index (χ4n) is 4.15. The second-order valence-corrected chi connectivity index (χ2v) is 9.25. The molecule has 1 aliphatic heterocycles. The summed E-state index contributed by atoms with van der Waals surface area (Å²) in [6.45, 7) is 4.28. The Morgan fingerprint density at radius 1 is 1.14 bits per heavy atom. The van der Waals surface area contributed by atoms with E-state index in [4.69, 9.17) is 20.9 Å². The van der Waals surface area contributed by atoms with Gasteiger partial charge < -0.3 is 25.8 Å². The van der Waals surface area contributed by atoms with Gasteiger partial charge in [0.15, 0.2) is 17.3 Å². The molecule has 1 aromatic carbocycles. The number of methoxy groups -OCH3 is 1. The Bertz CT molecular complexity index is 1120. The van der Waals surface area contributed by atoms with E-state index in [1.807, 2.05) is 0 Å². The number of benzene rings is 1. The first-order valence-electron chi connectivity index (χ1n) is 12.0. The maximum Gasteiger partial charge on any atom is 0.251 e. The molecule has 11 heteroatoms. The molecule has 2 heterocycles. The average Bonchev–Trinajstić information content (AvgIpc) is 3.70. The molecule has 0 atom stereocenters. The monoisotopic (exact) mass is 501 g/mol. The molecule has 2 aliphatic rings. The summed E-state index contributed by atoms with van der Waals surface area (Å²) in [6, 6.07) is 1.43. The van der Waals surface area contributed by atoms with Crippen LogP contribution in [0.3, 0.4) is 0 Å². The zero-order valence-electron chi connectivity index (χ0n) is 20.7. The van der Waals surface area contributed by atoms with Gasteiger partial charge in [0.25, 0.3) is 5.95 Å². The van der Waals surface area contributed by atoms with Crippen LogP contribution in [0.15, 0.2) is 35.2 Å². The van der Waals surface area contributed by atoms with Crippen LogP contribution in [0.25, 0.3) is 0 Å². The Morgan fingerprint density at radius 2 is 1.89 bits per heavy atom. The van der Waals surface area contributed by atoms with Crippen molar-refractivity contribution >= 4 is 11.8 Å². The van der Waals surface area contributed by atoms with E-state index in [0.717, 1.165) is 45.4 Å². The summed E-state index contributed by atoms with van der Waals surface area (Å²) in [5.41, 5.74) is 13.0. The van der Waals surface area contributed by atoms with Gasteiger partial charge in [-0.3, -0.25) is 4.90 Å². The fraction of sp³-hybridized carbons (Fsp3) is 0.480. The first-order valence-corrected chi connectivity index (χ1v) is 12.0. The third kappa shape index (κ3) is 6.67. The first-order chi connectivity index (χ1) is 17.3. The van der Waals surface area contributed by atoms with E-state index in [9.17, 15) is 8.78 Å². The van der Waals surface area contributed by atoms with Gasteiger partial charge in [0.05, 0.1) is 25.1 Å². The number of amidine groups is 1. The van der Waals surface area contributed by atoms with Gasteiger partial charge in [0, 0.05) is 31.4 Å². The molecule has 1 saturated carbocycles. The van der Waals surface area contributed by atoms with Gasteiger partial charge in [-0.25, -0.2) is 18.7 Å². The summed E-state index contributed by atoms with van der Waals surface area (Å²) in [4.78, 5) is 17.0. The number of rotatable bonds is 9. The lowest BCUT2D eigenvalue weighted by molar-refractivity contribution is 0.285. The molecule has 2 aromatic rings. The standard InChI is InChI=1S/C25H33F2N7O2/c1-33-6-3-7-34(9-8-33)14-17(28)10-22(29)32-25-30-12-18(13-31-25)36-15-20-23(26)19(16-4-5-16)11-21(35-2)24(20)27/h10-13,16H,3-9,14-15,28H2,1-2H3,(H2,29,30,31,32)/b17-10-. The summed E-state index contributed by atoms with van der Waals surface area (Å²) < 4.78 is 40.2. The minimum absolute atomic E-state index is 0.00353. The minimum atomic E-state index is -0.772. The molecule has 2 fully saturated rings. The number of hydrogen-bond acceptors (Lipinski definition) is 8. The van der Waals surface area contributed by atoms with E-state index in [1.165, 1.54) is 25.6 Å². The van der Waals surface area contributed by atoms with E-state index in [0.29, 0.717) is 17.8 Å². The van der Waals surface area contributed by atoms with E-state index in [-0.39, 0.29) is 41.4 Å². The summed E-state index contributed by atoms with van der Waals surface area (Å²) in [5.74, 6) is -0.727. The van der Waals surface area contributed by atoms with Gasteiger partial charge in [0.2, 0.25) is 0 Å². The predicted molar refractivity (Wildman–Crippen MR) is 133 cm³/mol. The molecule has 194 valence electrons. The average molecular weight is 502 g/mol. The van der Waals surface area contributed by atoms with E-state index < -0.39 is 11.6 Å². The summed E-state index contributed by atoms with van der Waals surface area (Å²) in [5, 5.41) is 0. The molecular formula is C25H33F2N7O2. The van der Waals surface area contributed by atoms with Crippen molar-refractivity contribution in [1.82, 2.24) is 19.8 Å². The van der Waals surface area contributed by atoms with Crippen molar-refractivity contribution in [3.05, 3.63) is 53.0 Å². The van der Waals surface area contributed by atoms with E-state index in [1.54, 1.807) is 6.08 Å². The SMILES string of the molecule is COc1cc(C2CC2)c(F)c(COc2cnc(/N=C(N)\C=C(/N)CN3CCCN(C)CC3)nc2)c1F. The van der Waals surface area contributed by atoms with Gasteiger partial charge in [-0.2, -0.15) is 4.99 Å². The highest BCUT2D eigenvalue weighted by molar-refractivity contribution is 5.93. The number of nitrogens with two attached hydrogens (primary N) is 2. The van der Waals surface area contributed by atoms with Crippen LogP contribution in [0.4, 0.5) is 14.7 Å².